The molecule has 0 fully saturated rings. The van der Waals surface area contributed by atoms with Crippen LogP contribution in [0.1, 0.15) is 40.2 Å². The highest BCUT2D eigenvalue weighted by Gasteiger charge is 2.20. The number of hydrogen-bond acceptors (Lipinski definition) is 4. The Morgan fingerprint density at radius 2 is 1.77 bits per heavy atom. The summed E-state index contributed by atoms with van der Waals surface area (Å²) < 4.78 is 0. The van der Waals surface area contributed by atoms with Crippen molar-refractivity contribution in [3.05, 3.63) is 87.4 Å². The quantitative estimate of drug-likeness (QED) is 0.635. The number of carbonyl (C=O) groups excluding carboxylic acids is 2. The first-order valence-corrected chi connectivity index (χ1v) is 11.1. The van der Waals surface area contributed by atoms with E-state index < -0.39 is 0 Å². The molecule has 0 unspecified atom stereocenters. The van der Waals surface area contributed by atoms with Crippen LogP contribution in [0.5, 0.6) is 0 Å². The molecule has 1 aromatic heterocycles. The van der Waals surface area contributed by atoms with Gasteiger partial charge >= 0.3 is 0 Å². The first kappa shape index (κ1) is 20.3. The van der Waals surface area contributed by atoms with Gasteiger partial charge in [-0.05, 0) is 23.1 Å². The molecule has 0 bridgehead atoms. The maximum atomic E-state index is 12.5. The fourth-order valence-corrected chi connectivity index (χ4v) is 4.40. The second-order valence-electron chi connectivity index (χ2n) is 7.51. The number of fused-ring (bicyclic) bond motifs is 1. The largest absolute Gasteiger partial charge is 0.350 e. The minimum Gasteiger partial charge on any atom is -0.350 e. The second-order valence-corrected chi connectivity index (χ2v) is 8.45. The van der Waals surface area contributed by atoms with E-state index in [0.29, 0.717) is 13.1 Å². The monoisotopic (exact) mass is 419 g/mol. The van der Waals surface area contributed by atoms with E-state index in [0.717, 1.165) is 30.1 Å². The summed E-state index contributed by atoms with van der Waals surface area (Å²) in [5, 5.41) is 5.80. The number of aromatic nitrogens is 1. The van der Waals surface area contributed by atoms with Crippen molar-refractivity contribution in [2.45, 2.75) is 38.8 Å². The summed E-state index contributed by atoms with van der Waals surface area (Å²) in [5.41, 5.74) is 4.75. The van der Waals surface area contributed by atoms with E-state index in [2.05, 4.69) is 34.6 Å². The van der Waals surface area contributed by atoms with Crippen LogP contribution in [0.3, 0.4) is 0 Å². The van der Waals surface area contributed by atoms with Gasteiger partial charge in [-0.3, -0.25) is 9.59 Å². The van der Waals surface area contributed by atoms with Gasteiger partial charge in [-0.25, -0.2) is 4.98 Å². The molecule has 0 spiro atoms. The number of thiazole rings is 1. The molecule has 1 aliphatic heterocycles. The Hall–Kier alpha value is -2.99. The summed E-state index contributed by atoms with van der Waals surface area (Å²) in [4.78, 5) is 31.1. The third kappa shape index (κ3) is 5.33. The fourth-order valence-electron chi connectivity index (χ4n) is 3.67. The van der Waals surface area contributed by atoms with Crippen LogP contribution >= 0.6 is 11.3 Å². The highest BCUT2D eigenvalue weighted by atomic mass is 32.1. The van der Waals surface area contributed by atoms with Gasteiger partial charge < -0.3 is 10.2 Å². The molecule has 2 amide bonds. The lowest BCUT2D eigenvalue weighted by Gasteiger charge is -2.28. The Morgan fingerprint density at radius 1 is 1.00 bits per heavy atom. The minimum atomic E-state index is -0.111. The molecule has 2 aromatic carbocycles. The number of hydrogen-bond donors (Lipinski definition) is 1. The van der Waals surface area contributed by atoms with Gasteiger partial charge in [-0.1, -0.05) is 54.6 Å². The lowest BCUT2D eigenvalue weighted by molar-refractivity contribution is -0.134. The maximum absolute atomic E-state index is 12.5. The topological polar surface area (TPSA) is 62.3 Å². The SMILES string of the molecule is O=C(CCC(=O)N1CCc2ccccc2C1)NCc1nc(Cc2ccccc2)cs1. The normalized spacial score (nSPS) is 13.0. The van der Waals surface area contributed by atoms with Gasteiger partial charge in [0.25, 0.3) is 0 Å². The standard InChI is InChI=1S/C24H25N3O2S/c28-22(10-11-24(29)27-13-12-19-8-4-5-9-20(19)16-27)25-15-23-26-21(17-30-23)14-18-6-2-1-3-7-18/h1-9,17H,10-16H2,(H,25,28). The maximum Gasteiger partial charge on any atom is 0.223 e. The Morgan fingerprint density at radius 3 is 2.60 bits per heavy atom. The van der Waals surface area contributed by atoms with E-state index in [1.807, 2.05) is 40.6 Å². The predicted octanol–water partition coefficient (Wildman–Crippen LogP) is 3.72. The predicted molar refractivity (Wildman–Crippen MR) is 118 cm³/mol. The number of carbonyl (C=O) groups is 2. The molecule has 0 saturated heterocycles. The van der Waals surface area contributed by atoms with Crippen LogP contribution in [-0.2, 0) is 35.5 Å². The number of nitrogens with one attached hydrogen (secondary N) is 1. The van der Waals surface area contributed by atoms with Gasteiger partial charge in [0.15, 0.2) is 0 Å². The van der Waals surface area contributed by atoms with E-state index in [4.69, 9.17) is 0 Å². The number of rotatable bonds is 7. The van der Waals surface area contributed by atoms with Gasteiger partial charge in [0.05, 0.1) is 12.2 Å². The van der Waals surface area contributed by atoms with Gasteiger partial charge in [-0.15, -0.1) is 11.3 Å². The highest BCUT2D eigenvalue weighted by molar-refractivity contribution is 7.09. The van der Waals surface area contributed by atoms with Crippen molar-refractivity contribution in [2.24, 2.45) is 0 Å². The average Bonchev–Trinajstić information content (AvgIpc) is 3.23. The van der Waals surface area contributed by atoms with E-state index in [-0.39, 0.29) is 24.7 Å². The van der Waals surface area contributed by atoms with Crippen LogP contribution in [0.4, 0.5) is 0 Å². The van der Waals surface area contributed by atoms with Gasteiger partial charge in [-0.2, -0.15) is 0 Å². The molecular formula is C24H25N3O2S. The van der Waals surface area contributed by atoms with Gasteiger partial charge in [0, 0.05) is 37.7 Å². The molecule has 0 atom stereocenters. The molecule has 0 radical (unpaired) electrons. The fraction of sp³-hybridized carbons (Fsp3) is 0.292. The van der Waals surface area contributed by atoms with Crippen LogP contribution in [0.25, 0.3) is 0 Å². The molecule has 154 valence electrons. The lowest BCUT2D eigenvalue weighted by atomic mass is 9.99. The van der Waals surface area contributed by atoms with Crippen LogP contribution in [-0.4, -0.2) is 28.2 Å². The lowest BCUT2D eigenvalue weighted by Crippen LogP contribution is -2.36. The van der Waals surface area contributed by atoms with Crippen LogP contribution in [0, 0.1) is 0 Å². The van der Waals surface area contributed by atoms with Crippen molar-refractivity contribution in [3.8, 4) is 0 Å². The van der Waals surface area contributed by atoms with Crippen molar-refractivity contribution in [1.82, 2.24) is 15.2 Å². The Labute approximate surface area is 180 Å². The van der Waals surface area contributed by atoms with E-state index in [1.54, 1.807) is 11.3 Å². The molecule has 5 nitrogen and oxygen atoms in total. The molecular weight excluding hydrogens is 394 g/mol. The number of nitrogens with zero attached hydrogens (tertiary/aromatic N) is 2. The molecule has 0 aliphatic carbocycles. The van der Waals surface area contributed by atoms with E-state index >= 15 is 0 Å². The van der Waals surface area contributed by atoms with Gasteiger partial charge in [0.2, 0.25) is 11.8 Å². The Balaban J connectivity index is 1.20. The molecule has 3 aromatic rings. The molecule has 30 heavy (non-hydrogen) atoms. The van der Waals surface area contributed by atoms with Crippen molar-refractivity contribution < 1.29 is 9.59 Å². The zero-order valence-corrected chi connectivity index (χ0v) is 17.7. The van der Waals surface area contributed by atoms with Crippen molar-refractivity contribution >= 4 is 23.2 Å². The van der Waals surface area contributed by atoms with Crippen molar-refractivity contribution in [3.63, 3.8) is 0 Å². The Kier molecular flexibility index (Phi) is 6.54. The molecule has 2 heterocycles. The smallest absolute Gasteiger partial charge is 0.223 e. The number of benzene rings is 2. The number of amides is 2. The van der Waals surface area contributed by atoms with Crippen LogP contribution < -0.4 is 5.32 Å². The summed E-state index contributed by atoms with van der Waals surface area (Å²) >= 11 is 1.55. The highest BCUT2D eigenvalue weighted by Crippen LogP contribution is 2.19. The summed E-state index contributed by atoms with van der Waals surface area (Å²) in [6.45, 7) is 1.77. The zero-order valence-electron chi connectivity index (χ0n) is 16.8. The van der Waals surface area contributed by atoms with Gasteiger partial charge in [0.1, 0.15) is 5.01 Å². The third-order valence-electron chi connectivity index (χ3n) is 5.31. The van der Waals surface area contributed by atoms with Crippen molar-refractivity contribution in [1.29, 1.82) is 0 Å². The van der Waals surface area contributed by atoms with Crippen LogP contribution in [0.15, 0.2) is 60.0 Å². The van der Waals surface area contributed by atoms with Crippen molar-refractivity contribution in [2.75, 3.05) is 6.54 Å². The van der Waals surface area contributed by atoms with E-state index in [1.165, 1.54) is 16.7 Å². The van der Waals surface area contributed by atoms with E-state index in [9.17, 15) is 9.59 Å². The average molecular weight is 420 g/mol. The summed E-state index contributed by atoms with van der Waals surface area (Å²) in [6, 6.07) is 18.4. The molecule has 1 N–H and O–H groups in total. The first-order valence-electron chi connectivity index (χ1n) is 10.3. The van der Waals surface area contributed by atoms with Crippen LogP contribution in [0.2, 0.25) is 0 Å². The summed E-state index contributed by atoms with van der Waals surface area (Å²) in [7, 11) is 0. The molecule has 4 rings (SSSR count). The Bertz CT molecular complexity index is 1020. The molecule has 1 aliphatic rings. The molecule has 0 saturated carbocycles. The zero-order chi connectivity index (χ0) is 20.8. The summed E-state index contributed by atoms with van der Waals surface area (Å²) in [5.74, 6) is -0.0698. The first-order chi connectivity index (χ1) is 14.7. The summed E-state index contributed by atoms with van der Waals surface area (Å²) in [6.07, 6.45) is 2.12. The second kappa shape index (κ2) is 9.67. The molecule has 6 heteroatoms. The minimum absolute atomic E-state index is 0.0408. The third-order valence-corrected chi connectivity index (χ3v) is 6.21.